The lowest BCUT2D eigenvalue weighted by Gasteiger charge is -2.11. The number of carboxylic acid groups (broad SMARTS) is 1. The molecule has 0 fully saturated rings. The Kier molecular flexibility index (Phi) is 4.78. The minimum atomic E-state index is -0.769. The molecule has 0 bridgehead atoms. The van der Waals surface area contributed by atoms with Crippen LogP contribution >= 0.6 is 0 Å². The zero-order chi connectivity index (χ0) is 15.4. The highest BCUT2D eigenvalue weighted by Crippen LogP contribution is 2.16. The second-order valence-electron chi connectivity index (χ2n) is 5.81. The van der Waals surface area contributed by atoms with Gasteiger partial charge in [0, 0.05) is 18.7 Å². The van der Waals surface area contributed by atoms with Crippen molar-refractivity contribution in [3.8, 4) is 0 Å². The van der Waals surface area contributed by atoms with Gasteiger partial charge in [0.15, 0.2) is 0 Å². The Morgan fingerprint density at radius 2 is 1.86 bits per heavy atom. The van der Waals surface area contributed by atoms with Crippen LogP contribution in [0.25, 0.3) is 0 Å². The molecule has 0 spiro atoms. The van der Waals surface area contributed by atoms with E-state index in [-0.39, 0.29) is 0 Å². The molecule has 4 nitrogen and oxygen atoms in total. The largest absolute Gasteiger partial charge is 0.481 e. The second kappa shape index (κ2) is 6.57. The minimum Gasteiger partial charge on any atom is -0.481 e. The van der Waals surface area contributed by atoms with Gasteiger partial charge >= 0.3 is 5.97 Å². The average Bonchev–Trinajstić information content (AvgIpc) is 2.89. The van der Waals surface area contributed by atoms with Crippen molar-refractivity contribution in [2.45, 2.75) is 39.7 Å². The highest BCUT2D eigenvalue weighted by molar-refractivity contribution is 5.70. The Morgan fingerprint density at radius 3 is 2.38 bits per heavy atom. The number of aryl methyl sites for hydroxylation is 1. The Balaban J connectivity index is 2.08. The van der Waals surface area contributed by atoms with E-state index in [2.05, 4.69) is 18.9 Å². The van der Waals surface area contributed by atoms with Crippen LogP contribution < -0.4 is 0 Å². The first-order valence-electron chi connectivity index (χ1n) is 7.28. The lowest BCUT2D eigenvalue weighted by atomic mass is 9.94. The SMILES string of the molecule is Cc1ccc(CC(Cc2ccn(C(C)C)n2)C(=O)O)cc1. The summed E-state index contributed by atoms with van der Waals surface area (Å²) in [6.07, 6.45) is 2.90. The smallest absolute Gasteiger partial charge is 0.307 e. The number of hydrogen-bond acceptors (Lipinski definition) is 2. The van der Waals surface area contributed by atoms with Crippen molar-refractivity contribution >= 4 is 5.97 Å². The van der Waals surface area contributed by atoms with Crippen molar-refractivity contribution in [1.29, 1.82) is 0 Å². The number of rotatable bonds is 6. The van der Waals surface area contributed by atoms with Gasteiger partial charge in [0.05, 0.1) is 11.6 Å². The summed E-state index contributed by atoms with van der Waals surface area (Å²) in [5.41, 5.74) is 3.07. The first-order valence-corrected chi connectivity index (χ1v) is 7.28. The quantitative estimate of drug-likeness (QED) is 0.886. The monoisotopic (exact) mass is 286 g/mol. The molecule has 0 aliphatic rings. The number of nitrogens with zero attached hydrogens (tertiary/aromatic N) is 2. The zero-order valence-corrected chi connectivity index (χ0v) is 12.8. The van der Waals surface area contributed by atoms with Crippen LogP contribution in [0.1, 0.15) is 36.7 Å². The molecule has 1 atom stereocenters. The molecule has 1 aromatic heterocycles. The van der Waals surface area contributed by atoms with E-state index in [0.717, 1.165) is 11.3 Å². The van der Waals surface area contributed by atoms with Crippen LogP contribution in [0.5, 0.6) is 0 Å². The maximum Gasteiger partial charge on any atom is 0.307 e. The molecule has 4 heteroatoms. The van der Waals surface area contributed by atoms with Crippen molar-refractivity contribution in [3.05, 3.63) is 53.3 Å². The van der Waals surface area contributed by atoms with Crippen molar-refractivity contribution < 1.29 is 9.90 Å². The summed E-state index contributed by atoms with van der Waals surface area (Å²) in [6, 6.07) is 10.2. The second-order valence-corrected chi connectivity index (χ2v) is 5.81. The summed E-state index contributed by atoms with van der Waals surface area (Å²) >= 11 is 0. The third kappa shape index (κ3) is 4.18. The predicted molar refractivity (Wildman–Crippen MR) is 82.3 cm³/mol. The highest BCUT2D eigenvalue weighted by Gasteiger charge is 2.20. The summed E-state index contributed by atoms with van der Waals surface area (Å²) in [5, 5.41) is 13.9. The third-order valence-electron chi connectivity index (χ3n) is 3.60. The summed E-state index contributed by atoms with van der Waals surface area (Å²) in [7, 11) is 0. The van der Waals surface area contributed by atoms with E-state index in [1.807, 2.05) is 48.1 Å². The minimum absolute atomic E-state index is 0.291. The van der Waals surface area contributed by atoms with Crippen LogP contribution in [-0.2, 0) is 17.6 Å². The van der Waals surface area contributed by atoms with Gasteiger partial charge in [-0.1, -0.05) is 29.8 Å². The summed E-state index contributed by atoms with van der Waals surface area (Å²) in [6.45, 7) is 6.13. The number of hydrogen-bond donors (Lipinski definition) is 1. The van der Waals surface area contributed by atoms with E-state index in [0.29, 0.717) is 18.9 Å². The van der Waals surface area contributed by atoms with Crippen LogP contribution in [0.4, 0.5) is 0 Å². The molecule has 112 valence electrons. The van der Waals surface area contributed by atoms with Crippen LogP contribution in [0.2, 0.25) is 0 Å². The van der Waals surface area contributed by atoms with E-state index in [4.69, 9.17) is 0 Å². The molecular weight excluding hydrogens is 264 g/mol. The molecule has 0 saturated carbocycles. The summed E-state index contributed by atoms with van der Waals surface area (Å²) < 4.78 is 1.86. The molecule has 21 heavy (non-hydrogen) atoms. The van der Waals surface area contributed by atoms with Gasteiger partial charge in [0.2, 0.25) is 0 Å². The molecular formula is C17H22N2O2. The number of carboxylic acids is 1. The Hall–Kier alpha value is -2.10. The molecule has 1 unspecified atom stereocenters. The van der Waals surface area contributed by atoms with Crippen molar-refractivity contribution in [2.24, 2.45) is 5.92 Å². The summed E-state index contributed by atoms with van der Waals surface area (Å²) in [5.74, 6) is -1.21. The fourth-order valence-corrected chi connectivity index (χ4v) is 2.28. The number of aliphatic carboxylic acids is 1. The number of carbonyl (C=O) groups is 1. The van der Waals surface area contributed by atoms with Crippen molar-refractivity contribution in [2.75, 3.05) is 0 Å². The van der Waals surface area contributed by atoms with Gasteiger partial charge in [0.25, 0.3) is 0 Å². The normalized spacial score (nSPS) is 12.6. The van der Waals surface area contributed by atoms with E-state index in [1.54, 1.807) is 0 Å². The van der Waals surface area contributed by atoms with Gasteiger partial charge in [-0.3, -0.25) is 9.48 Å². The molecule has 0 aliphatic heterocycles. The van der Waals surface area contributed by atoms with Gasteiger partial charge in [0.1, 0.15) is 0 Å². The van der Waals surface area contributed by atoms with Crippen molar-refractivity contribution in [1.82, 2.24) is 9.78 Å². The Bertz CT molecular complexity index is 600. The van der Waals surface area contributed by atoms with Crippen LogP contribution in [0.15, 0.2) is 36.5 Å². The molecule has 1 aromatic carbocycles. The standard InChI is InChI=1S/C17H22N2O2/c1-12(2)19-9-8-16(18-19)11-15(17(20)21)10-14-6-4-13(3)5-7-14/h4-9,12,15H,10-11H2,1-3H3,(H,20,21). The van der Waals surface area contributed by atoms with Crippen LogP contribution in [0, 0.1) is 12.8 Å². The van der Waals surface area contributed by atoms with Crippen LogP contribution in [0.3, 0.4) is 0 Å². The molecule has 2 rings (SSSR count). The predicted octanol–water partition coefficient (Wildman–Crippen LogP) is 3.26. The average molecular weight is 286 g/mol. The topological polar surface area (TPSA) is 55.1 Å². The lowest BCUT2D eigenvalue weighted by molar-refractivity contribution is -0.141. The van der Waals surface area contributed by atoms with Crippen molar-refractivity contribution in [3.63, 3.8) is 0 Å². The van der Waals surface area contributed by atoms with E-state index in [9.17, 15) is 9.90 Å². The molecule has 1 heterocycles. The Labute approximate surface area is 125 Å². The maximum absolute atomic E-state index is 11.5. The van der Waals surface area contributed by atoms with E-state index >= 15 is 0 Å². The van der Waals surface area contributed by atoms with Gasteiger partial charge in [-0.2, -0.15) is 5.10 Å². The molecule has 1 N–H and O–H groups in total. The van der Waals surface area contributed by atoms with E-state index in [1.165, 1.54) is 5.56 Å². The molecule has 0 radical (unpaired) electrons. The van der Waals surface area contributed by atoms with E-state index < -0.39 is 11.9 Å². The third-order valence-corrected chi connectivity index (χ3v) is 3.60. The molecule has 2 aromatic rings. The highest BCUT2D eigenvalue weighted by atomic mass is 16.4. The van der Waals surface area contributed by atoms with Gasteiger partial charge in [-0.15, -0.1) is 0 Å². The first kappa shape index (κ1) is 15.3. The summed E-state index contributed by atoms with van der Waals surface area (Å²) in [4.78, 5) is 11.5. The molecule has 0 saturated heterocycles. The van der Waals surface area contributed by atoms with Gasteiger partial charge < -0.3 is 5.11 Å². The number of benzene rings is 1. The fourth-order valence-electron chi connectivity index (χ4n) is 2.28. The van der Waals surface area contributed by atoms with Gasteiger partial charge in [-0.25, -0.2) is 0 Å². The molecule has 0 aliphatic carbocycles. The zero-order valence-electron chi connectivity index (χ0n) is 12.8. The maximum atomic E-state index is 11.5. The van der Waals surface area contributed by atoms with Gasteiger partial charge in [-0.05, 0) is 38.8 Å². The fraction of sp³-hybridized carbons (Fsp3) is 0.412. The number of aromatic nitrogens is 2. The lowest BCUT2D eigenvalue weighted by Crippen LogP contribution is -2.19. The Morgan fingerprint density at radius 1 is 1.19 bits per heavy atom. The first-order chi connectivity index (χ1) is 9.95. The van der Waals surface area contributed by atoms with Crippen LogP contribution in [-0.4, -0.2) is 20.9 Å². The molecule has 0 amide bonds.